The molecule has 0 saturated carbocycles. The SMILES string of the molecule is C=CCc1cc(Oc2ccccc2)ccc1Oc1ccc(Oc2ccccc2)cc1CC=C. The molecule has 0 aliphatic heterocycles. The minimum Gasteiger partial charge on any atom is -0.457 e. The second kappa shape index (κ2) is 10.9. The predicted octanol–water partition coefficient (Wildman–Crippen LogP) is 8.52. The van der Waals surface area contributed by atoms with E-state index in [1.54, 1.807) is 0 Å². The molecule has 0 heterocycles. The van der Waals surface area contributed by atoms with E-state index in [1.807, 2.05) is 109 Å². The van der Waals surface area contributed by atoms with Crippen LogP contribution in [0.4, 0.5) is 0 Å². The molecule has 0 aliphatic carbocycles. The van der Waals surface area contributed by atoms with Gasteiger partial charge in [0.15, 0.2) is 0 Å². The fraction of sp³-hybridized carbons (Fsp3) is 0.0667. The van der Waals surface area contributed by atoms with E-state index in [-0.39, 0.29) is 0 Å². The molecule has 0 aromatic heterocycles. The van der Waals surface area contributed by atoms with Gasteiger partial charge in [-0.25, -0.2) is 0 Å². The average molecular weight is 435 g/mol. The molecule has 33 heavy (non-hydrogen) atoms. The summed E-state index contributed by atoms with van der Waals surface area (Å²) in [5.41, 5.74) is 1.99. The Morgan fingerprint density at radius 2 is 0.909 bits per heavy atom. The van der Waals surface area contributed by atoms with Crippen molar-refractivity contribution in [3.63, 3.8) is 0 Å². The van der Waals surface area contributed by atoms with Gasteiger partial charge < -0.3 is 14.2 Å². The Labute approximate surface area is 195 Å². The van der Waals surface area contributed by atoms with E-state index in [9.17, 15) is 0 Å². The first-order valence-electron chi connectivity index (χ1n) is 10.9. The summed E-state index contributed by atoms with van der Waals surface area (Å²) in [5.74, 6) is 4.61. The molecule has 4 aromatic rings. The third kappa shape index (κ3) is 5.92. The molecule has 164 valence electrons. The third-order valence-electron chi connectivity index (χ3n) is 4.97. The first-order chi connectivity index (χ1) is 16.2. The minimum absolute atomic E-state index is 0.660. The molecule has 0 atom stereocenters. The molecule has 0 N–H and O–H groups in total. The number of rotatable bonds is 10. The smallest absolute Gasteiger partial charge is 0.131 e. The van der Waals surface area contributed by atoms with Gasteiger partial charge in [0.2, 0.25) is 0 Å². The normalized spacial score (nSPS) is 10.3. The van der Waals surface area contributed by atoms with Crippen molar-refractivity contribution in [3.05, 3.63) is 133 Å². The predicted molar refractivity (Wildman–Crippen MR) is 134 cm³/mol. The zero-order valence-corrected chi connectivity index (χ0v) is 18.4. The van der Waals surface area contributed by atoms with Crippen LogP contribution >= 0.6 is 0 Å². The van der Waals surface area contributed by atoms with E-state index in [2.05, 4.69) is 13.2 Å². The highest BCUT2D eigenvalue weighted by molar-refractivity contribution is 5.49. The lowest BCUT2D eigenvalue weighted by molar-refractivity contribution is 0.457. The number of hydrogen-bond acceptors (Lipinski definition) is 3. The van der Waals surface area contributed by atoms with Crippen LogP contribution in [0.1, 0.15) is 11.1 Å². The van der Waals surface area contributed by atoms with Crippen molar-refractivity contribution in [1.29, 1.82) is 0 Å². The highest BCUT2D eigenvalue weighted by Crippen LogP contribution is 2.35. The maximum atomic E-state index is 6.35. The number of allylic oxidation sites excluding steroid dienone is 2. The Hall–Kier alpha value is -4.24. The largest absolute Gasteiger partial charge is 0.457 e. The van der Waals surface area contributed by atoms with Gasteiger partial charge in [-0.2, -0.15) is 0 Å². The van der Waals surface area contributed by atoms with Crippen LogP contribution in [0.3, 0.4) is 0 Å². The molecule has 4 rings (SSSR count). The molecular formula is C30H26O3. The Kier molecular flexibility index (Phi) is 7.24. The molecule has 0 unspecified atom stereocenters. The van der Waals surface area contributed by atoms with Gasteiger partial charge >= 0.3 is 0 Å². The molecule has 0 bridgehead atoms. The molecule has 0 aliphatic rings. The van der Waals surface area contributed by atoms with Gasteiger partial charge in [-0.3, -0.25) is 0 Å². The monoisotopic (exact) mass is 434 g/mol. The van der Waals surface area contributed by atoms with Crippen LogP contribution < -0.4 is 14.2 Å². The third-order valence-corrected chi connectivity index (χ3v) is 4.97. The van der Waals surface area contributed by atoms with E-state index >= 15 is 0 Å². The molecule has 0 spiro atoms. The van der Waals surface area contributed by atoms with Crippen molar-refractivity contribution in [2.75, 3.05) is 0 Å². The van der Waals surface area contributed by atoms with E-state index in [4.69, 9.17) is 14.2 Å². The summed E-state index contributed by atoms with van der Waals surface area (Å²) in [6.07, 6.45) is 5.03. The molecule has 0 amide bonds. The molecule has 0 radical (unpaired) electrons. The Morgan fingerprint density at radius 3 is 1.30 bits per heavy atom. The molecule has 3 heteroatoms. The van der Waals surface area contributed by atoms with Crippen molar-refractivity contribution in [2.45, 2.75) is 12.8 Å². The Bertz CT molecular complexity index is 1120. The van der Waals surface area contributed by atoms with Crippen molar-refractivity contribution in [2.24, 2.45) is 0 Å². The molecule has 3 nitrogen and oxygen atoms in total. The zero-order valence-electron chi connectivity index (χ0n) is 18.4. The van der Waals surface area contributed by atoms with Gasteiger partial charge in [0, 0.05) is 11.1 Å². The van der Waals surface area contributed by atoms with Crippen LogP contribution in [0, 0.1) is 0 Å². The standard InChI is InChI=1S/C30H26O3/c1-3-11-23-21-27(31-25-13-7-5-8-14-25)17-19-29(23)33-30-20-18-28(22-24(30)12-4-2)32-26-15-9-6-10-16-26/h3-10,13-22H,1-2,11-12H2. The highest BCUT2D eigenvalue weighted by Gasteiger charge is 2.11. The number of benzene rings is 4. The maximum absolute atomic E-state index is 6.35. The first-order valence-corrected chi connectivity index (χ1v) is 10.9. The summed E-state index contributed by atoms with van der Waals surface area (Å²) in [7, 11) is 0. The summed E-state index contributed by atoms with van der Waals surface area (Å²) in [6.45, 7) is 7.78. The topological polar surface area (TPSA) is 27.7 Å². The van der Waals surface area contributed by atoms with Gasteiger partial charge in [0.1, 0.15) is 34.5 Å². The number of hydrogen-bond donors (Lipinski definition) is 0. The molecular weight excluding hydrogens is 408 g/mol. The van der Waals surface area contributed by atoms with Crippen molar-refractivity contribution < 1.29 is 14.2 Å². The van der Waals surface area contributed by atoms with Crippen LogP contribution in [0.2, 0.25) is 0 Å². The quantitative estimate of drug-likeness (QED) is 0.234. The van der Waals surface area contributed by atoms with E-state index < -0.39 is 0 Å². The van der Waals surface area contributed by atoms with E-state index in [0.29, 0.717) is 12.8 Å². The molecule has 0 fully saturated rings. The minimum atomic E-state index is 0.660. The highest BCUT2D eigenvalue weighted by atomic mass is 16.5. The molecule has 0 saturated heterocycles. The first kappa shape index (κ1) is 22.0. The lowest BCUT2D eigenvalue weighted by Gasteiger charge is -2.16. The lowest BCUT2D eigenvalue weighted by atomic mass is 10.1. The zero-order chi connectivity index (χ0) is 22.9. The average Bonchev–Trinajstić information content (AvgIpc) is 2.84. The second-order valence-corrected chi connectivity index (χ2v) is 7.46. The van der Waals surface area contributed by atoms with Gasteiger partial charge in [-0.1, -0.05) is 48.6 Å². The van der Waals surface area contributed by atoms with Crippen molar-refractivity contribution in [3.8, 4) is 34.5 Å². The van der Waals surface area contributed by atoms with E-state index in [1.165, 1.54) is 0 Å². The van der Waals surface area contributed by atoms with Crippen LogP contribution in [0.25, 0.3) is 0 Å². The maximum Gasteiger partial charge on any atom is 0.131 e. The van der Waals surface area contributed by atoms with Crippen LogP contribution in [-0.4, -0.2) is 0 Å². The summed E-state index contributed by atoms with van der Waals surface area (Å²) in [4.78, 5) is 0. The van der Waals surface area contributed by atoms with Crippen molar-refractivity contribution in [1.82, 2.24) is 0 Å². The van der Waals surface area contributed by atoms with Gasteiger partial charge in [0.05, 0.1) is 0 Å². The van der Waals surface area contributed by atoms with Crippen LogP contribution in [0.5, 0.6) is 34.5 Å². The summed E-state index contributed by atoms with van der Waals surface area (Å²) in [6, 6.07) is 31.1. The van der Waals surface area contributed by atoms with Gasteiger partial charge in [-0.05, 0) is 73.5 Å². The Balaban J connectivity index is 1.58. The summed E-state index contributed by atoms with van der Waals surface area (Å²) < 4.78 is 18.3. The summed E-state index contributed by atoms with van der Waals surface area (Å²) in [5, 5.41) is 0. The van der Waals surface area contributed by atoms with Crippen LogP contribution in [-0.2, 0) is 12.8 Å². The fourth-order valence-corrected chi connectivity index (χ4v) is 3.44. The Morgan fingerprint density at radius 1 is 0.485 bits per heavy atom. The summed E-state index contributed by atoms with van der Waals surface area (Å²) >= 11 is 0. The molecule has 4 aromatic carbocycles. The van der Waals surface area contributed by atoms with Gasteiger partial charge in [-0.15, -0.1) is 13.2 Å². The van der Waals surface area contributed by atoms with Crippen molar-refractivity contribution >= 4 is 0 Å². The van der Waals surface area contributed by atoms with Gasteiger partial charge in [0.25, 0.3) is 0 Å². The van der Waals surface area contributed by atoms with Crippen LogP contribution in [0.15, 0.2) is 122 Å². The number of para-hydroxylation sites is 2. The van der Waals surface area contributed by atoms with E-state index in [0.717, 1.165) is 45.6 Å². The lowest BCUT2D eigenvalue weighted by Crippen LogP contribution is -1.96. The second-order valence-electron chi connectivity index (χ2n) is 7.46. The number of ether oxygens (including phenoxy) is 3. The fourth-order valence-electron chi connectivity index (χ4n) is 3.44.